The molecular formula is C29H33FN2O2S. The van der Waals surface area contributed by atoms with Crippen molar-refractivity contribution in [3.8, 4) is 0 Å². The first-order chi connectivity index (χ1) is 16.8. The molecule has 1 N–H and O–H groups in total. The van der Waals surface area contributed by atoms with Gasteiger partial charge in [0.1, 0.15) is 11.9 Å². The summed E-state index contributed by atoms with van der Waals surface area (Å²) < 4.78 is 14.0. The molecule has 0 radical (unpaired) electrons. The Morgan fingerprint density at radius 3 is 2.20 bits per heavy atom. The minimum atomic E-state index is -0.666. The van der Waals surface area contributed by atoms with E-state index in [-0.39, 0.29) is 29.4 Å². The first-order valence-electron chi connectivity index (χ1n) is 11.8. The summed E-state index contributed by atoms with van der Waals surface area (Å²) in [5.41, 5.74) is 3.61. The fourth-order valence-electron chi connectivity index (χ4n) is 3.85. The smallest absolute Gasteiger partial charge is 0.243 e. The van der Waals surface area contributed by atoms with Crippen molar-refractivity contribution in [1.82, 2.24) is 10.2 Å². The van der Waals surface area contributed by atoms with Crippen LogP contribution >= 0.6 is 11.8 Å². The van der Waals surface area contributed by atoms with Gasteiger partial charge in [-0.3, -0.25) is 9.59 Å². The number of carbonyl (C=O) groups is 2. The lowest BCUT2D eigenvalue weighted by Crippen LogP contribution is -2.52. The highest BCUT2D eigenvalue weighted by molar-refractivity contribution is 7.99. The van der Waals surface area contributed by atoms with E-state index in [1.807, 2.05) is 75.4 Å². The molecule has 1 atom stereocenters. The molecule has 0 bridgehead atoms. The Morgan fingerprint density at radius 1 is 0.914 bits per heavy atom. The summed E-state index contributed by atoms with van der Waals surface area (Å²) in [5, 5.41) is 3.00. The largest absolute Gasteiger partial charge is 0.352 e. The molecule has 0 heterocycles. The molecule has 0 aliphatic carbocycles. The van der Waals surface area contributed by atoms with Gasteiger partial charge in [-0.05, 0) is 49.1 Å². The lowest BCUT2D eigenvalue weighted by Gasteiger charge is -2.32. The second-order valence-corrected chi connectivity index (χ2v) is 9.89. The van der Waals surface area contributed by atoms with Gasteiger partial charge in [0.05, 0.1) is 5.75 Å². The fraction of sp³-hybridized carbons (Fsp3) is 0.310. The Kier molecular flexibility index (Phi) is 9.91. The second kappa shape index (κ2) is 13.1. The number of aryl methyl sites for hydroxylation is 1. The molecule has 2 amide bonds. The van der Waals surface area contributed by atoms with Crippen molar-refractivity contribution in [2.24, 2.45) is 0 Å². The average Bonchev–Trinajstić information content (AvgIpc) is 2.83. The number of benzene rings is 3. The van der Waals surface area contributed by atoms with Gasteiger partial charge < -0.3 is 10.2 Å². The van der Waals surface area contributed by atoms with Gasteiger partial charge in [-0.2, -0.15) is 0 Å². The number of halogens is 1. The van der Waals surface area contributed by atoms with E-state index in [4.69, 9.17) is 0 Å². The predicted molar refractivity (Wildman–Crippen MR) is 142 cm³/mol. The number of rotatable bonds is 11. The zero-order valence-electron chi connectivity index (χ0n) is 20.5. The van der Waals surface area contributed by atoms with Crippen molar-refractivity contribution in [3.63, 3.8) is 0 Å². The third kappa shape index (κ3) is 7.96. The molecule has 3 aromatic carbocycles. The van der Waals surface area contributed by atoms with Crippen LogP contribution in [0.1, 0.15) is 36.1 Å². The number of nitrogens with zero attached hydrogens (tertiary/aromatic N) is 1. The minimum Gasteiger partial charge on any atom is -0.352 e. The van der Waals surface area contributed by atoms with Crippen molar-refractivity contribution in [3.05, 3.63) is 107 Å². The van der Waals surface area contributed by atoms with Crippen LogP contribution in [0.2, 0.25) is 0 Å². The highest BCUT2D eigenvalue weighted by Crippen LogP contribution is 2.20. The monoisotopic (exact) mass is 492 g/mol. The molecule has 0 aliphatic rings. The van der Waals surface area contributed by atoms with Crippen molar-refractivity contribution in [2.45, 2.75) is 51.6 Å². The molecule has 35 heavy (non-hydrogen) atoms. The third-order valence-electron chi connectivity index (χ3n) is 5.74. The first-order valence-corrected chi connectivity index (χ1v) is 13.0. The summed E-state index contributed by atoms with van der Waals surface area (Å²) in [5.74, 6) is -0.0553. The number of nitrogens with one attached hydrogen (secondary N) is 1. The molecule has 4 nitrogen and oxygen atoms in total. The molecule has 0 saturated carbocycles. The van der Waals surface area contributed by atoms with Gasteiger partial charge in [0.15, 0.2) is 0 Å². The number of hydrogen-bond donors (Lipinski definition) is 1. The lowest BCUT2D eigenvalue weighted by atomic mass is 10.0. The van der Waals surface area contributed by atoms with Crippen LogP contribution in [0.25, 0.3) is 0 Å². The standard InChI is InChI=1S/C29H33FN2O2S/c1-21(2)31-29(34)27(17-23-12-5-4-6-13-23)32(18-24-14-8-7-11-22(24)3)28(33)20-35-19-25-15-9-10-16-26(25)30/h4-16,21,27H,17-20H2,1-3H3,(H,31,34)/t27-/m0/s1. The molecule has 0 fully saturated rings. The molecule has 0 spiro atoms. The van der Waals surface area contributed by atoms with E-state index in [1.54, 1.807) is 23.1 Å². The zero-order valence-corrected chi connectivity index (χ0v) is 21.4. The molecule has 0 aliphatic heterocycles. The highest BCUT2D eigenvalue weighted by Gasteiger charge is 2.30. The molecule has 6 heteroatoms. The van der Waals surface area contributed by atoms with Crippen molar-refractivity contribution in [2.75, 3.05) is 5.75 Å². The van der Waals surface area contributed by atoms with Crippen LogP contribution in [0.4, 0.5) is 4.39 Å². The lowest BCUT2D eigenvalue weighted by molar-refractivity contribution is -0.139. The fourth-order valence-corrected chi connectivity index (χ4v) is 4.75. The molecular weight excluding hydrogens is 459 g/mol. The normalized spacial score (nSPS) is 11.8. The van der Waals surface area contributed by atoms with Crippen LogP contribution in [0.15, 0.2) is 78.9 Å². The van der Waals surface area contributed by atoms with Gasteiger partial charge in [-0.25, -0.2) is 4.39 Å². The summed E-state index contributed by atoms with van der Waals surface area (Å²) in [6.07, 6.45) is 0.412. The summed E-state index contributed by atoms with van der Waals surface area (Å²) in [7, 11) is 0. The van der Waals surface area contributed by atoms with E-state index in [2.05, 4.69) is 5.32 Å². The van der Waals surface area contributed by atoms with Crippen molar-refractivity contribution >= 4 is 23.6 Å². The van der Waals surface area contributed by atoms with Gasteiger partial charge in [0.25, 0.3) is 0 Å². The van der Waals surface area contributed by atoms with Crippen LogP contribution in [0.3, 0.4) is 0 Å². The number of amides is 2. The van der Waals surface area contributed by atoms with Gasteiger partial charge in [-0.1, -0.05) is 72.8 Å². The Hall–Kier alpha value is -3.12. The average molecular weight is 493 g/mol. The van der Waals surface area contributed by atoms with Crippen LogP contribution in [-0.2, 0) is 28.3 Å². The third-order valence-corrected chi connectivity index (χ3v) is 6.71. The topological polar surface area (TPSA) is 49.4 Å². The number of carbonyl (C=O) groups excluding carboxylic acids is 2. The van der Waals surface area contributed by atoms with E-state index < -0.39 is 6.04 Å². The van der Waals surface area contributed by atoms with E-state index in [1.165, 1.54) is 17.8 Å². The molecule has 3 rings (SSSR count). The predicted octanol–water partition coefficient (Wildman–Crippen LogP) is 5.53. The first kappa shape index (κ1) is 26.5. The molecule has 0 aromatic heterocycles. The maximum absolute atomic E-state index is 14.0. The number of thioether (sulfide) groups is 1. The Bertz CT molecular complexity index is 1120. The summed E-state index contributed by atoms with van der Waals surface area (Å²) >= 11 is 1.36. The van der Waals surface area contributed by atoms with Gasteiger partial charge in [-0.15, -0.1) is 11.8 Å². The maximum atomic E-state index is 14.0. The Labute approximate surface area is 211 Å². The van der Waals surface area contributed by atoms with Gasteiger partial charge in [0.2, 0.25) is 11.8 Å². The molecule has 3 aromatic rings. The summed E-state index contributed by atoms with van der Waals surface area (Å²) in [4.78, 5) is 28.6. The SMILES string of the molecule is Cc1ccccc1CN(C(=O)CSCc1ccccc1F)[C@@H](Cc1ccccc1)C(=O)NC(C)C. The zero-order chi connectivity index (χ0) is 25.2. The maximum Gasteiger partial charge on any atom is 0.243 e. The highest BCUT2D eigenvalue weighted by atomic mass is 32.2. The van der Waals surface area contributed by atoms with Crippen LogP contribution in [0.5, 0.6) is 0 Å². The van der Waals surface area contributed by atoms with E-state index >= 15 is 0 Å². The van der Waals surface area contributed by atoms with Crippen molar-refractivity contribution in [1.29, 1.82) is 0 Å². The second-order valence-electron chi connectivity index (χ2n) is 8.90. The van der Waals surface area contributed by atoms with Crippen molar-refractivity contribution < 1.29 is 14.0 Å². The Morgan fingerprint density at radius 2 is 1.54 bits per heavy atom. The quantitative estimate of drug-likeness (QED) is 0.383. The van der Waals surface area contributed by atoms with E-state index in [0.717, 1.165) is 16.7 Å². The van der Waals surface area contributed by atoms with Gasteiger partial charge in [0, 0.05) is 24.8 Å². The van der Waals surface area contributed by atoms with E-state index in [9.17, 15) is 14.0 Å². The molecule has 0 saturated heterocycles. The summed E-state index contributed by atoms with van der Waals surface area (Å²) in [6, 6.07) is 23.5. The molecule has 0 unspecified atom stereocenters. The summed E-state index contributed by atoms with van der Waals surface area (Å²) in [6.45, 7) is 6.16. The number of hydrogen-bond acceptors (Lipinski definition) is 3. The minimum absolute atomic E-state index is 0.0494. The van der Waals surface area contributed by atoms with Gasteiger partial charge >= 0.3 is 0 Å². The Balaban J connectivity index is 1.86. The molecule has 184 valence electrons. The van der Waals surface area contributed by atoms with Crippen LogP contribution in [-0.4, -0.2) is 34.6 Å². The van der Waals surface area contributed by atoms with Crippen LogP contribution in [0, 0.1) is 12.7 Å². The van der Waals surface area contributed by atoms with E-state index in [0.29, 0.717) is 24.3 Å². The van der Waals surface area contributed by atoms with Crippen LogP contribution < -0.4 is 5.32 Å².